The van der Waals surface area contributed by atoms with Crippen LogP contribution < -0.4 is 18.9 Å². The molecule has 0 spiro atoms. The van der Waals surface area contributed by atoms with E-state index >= 15 is 0 Å². The normalized spacial score (nSPS) is 14.9. The minimum Gasteiger partial charge on any atom is -0.466 e. The second-order valence-electron chi connectivity index (χ2n) is 18.8. The second kappa shape index (κ2) is 18.2. The van der Waals surface area contributed by atoms with E-state index in [0.717, 1.165) is 45.3 Å². The van der Waals surface area contributed by atoms with Gasteiger partial charge in [-0.25, -0.2) is 0 Å². The molecule has 0 aliphatic heterocycles. The molecule has 0 radical (unpaired) electrons. The lowest BCUT2D eigenvalue weighted by molar-refractivity contribution is 0.475. The van der Waals surface area contributed by atoms with Crippen molar-refractivity contribution >= 4 is 32.3 Å². The summed E-state index contributed by atoms with van der Waals surface area (Å²) in [4.78, 5) is 0. The molecule has 74 heavy (non-hydrogen) atoms. The topological polar surface area (TPSA) is 36.9 Å². The first-order valence-corrected chi connectivity index (χ1v) is 24.9. The molecule has 0 fully saturated rings. The predicted octanol–water partition coefficient (Wildman–Crippen LogP) is 17.4. The van der Waals surface area contributed by atoms with Crippen molar-refractivity contribution in [2.45, 2.75) is 10.8 Å². The molecule has 0 bridgehead atoms. The highest BCUT2D eigenvalue weighted by Gasteiger charge is 2.48. The summed E-state index contributed by atoms with van der Waals surface area (Å²) in [6.45, 7) is 7.55. The fourth-order valence-electron chi connectivity index (χ4n) is 11.9. The van der Waals surface area contributed by atoms with Crippen molar-refractivity contribution < 1.29 is 18.9 Å². The maximum absolute atomic E-state index is 6.22. The lowest BCUT2D eigenvalue weighted by atomic mass is 9.67. The summed E-state index contributed by atoms with van der Waals surface area (Å²) in [5.74, 6) is 2.91. The van der Waals surface area contributed by atoms with Gasteiger partial charge >= 0.3 is 0 Å². The monoisotopic (exact) mass is 952 g/mol. The number of hydrogen-bond acceptors (Lipinski definition) is 4. The number of allylic oxidation sites excluding steroid dienone is 2. The molecule has 0 saturated heterocycles. The van der Waals surface area contributed by atoms with Gasteiger partial charge in [0.15, 0.2) is 0 Å². The van der Waals surface area contributed by atoms with Gasteiger partial charge in [-0.1, -0.05) is 159 Å². The van der Waals surface area contributed by atoms with Gasteiger partial charge in [0.05, 0.1) is 35.9 Å². The second-order valence-corrected chi connectivity index (χ2v) is 18.8. The number of fused-ring (bicyclic) bond motifs is 9. The van der Waals surface area contributed by atoms with E-state index in [9.17, 15) is 0 Å². The fraction of sp³-hybridized carbons (Fsp3) is 0.0286. The van der Waals surface area contributed by atoms with Crippen molar-refractivity contribution in [2.75, 3.05) is 0 Å². The minimum absolute atomic E-state index is 0.585. The Hall–Kier alpha value is -9.64. The molecule has 1 atom stereocenters. The number of benzene rings is 11. The van der Waals surface area contributed by atoms with Crippen LogP contribution in [0.2, 0.25) is 0 Å². The van der Waals surface area contributed by atoms with Crippen LogP contribution in [-0.4, -0.2) is 0 Å². The predicted molar refractivity (Wildman–Crippen MR) is 301 cm³/mol. The molecule has 0 heterocycles. The zero-order valence-corrected chi connectivity index (χ0v) is 40.5. The molecule has 0 saturated carbocycles. The summed E-state index contributed by atoms with van der Waals surface area (Å²) in [7, 11) is 0. The van der Waals surface area contributed by atoms with Crippen molar-refractivity contribution in [3.8, 4) is 45.3 Å². The van der Waals surface area contributed by atoms with E-state index in [0.29, 0.717) is 0 Å². The molecular weight excluding hydrogens is 905 g/mol. The van der Waals surface area contributed by atoms with E-state index in [1.165, 1.54) is 89.3 Å². The van der Waals surface area contributed by atoms with Crippen molar-refractivity contribution in [1.29, 1.82) is 0 Å². The first-order valence-electron chi connectivity index (χ1n) is 24.9. The third kappa shape index (κ3) is 7.14. The number of ether oxygens (including phenoxy) is 4. The highest BCUT2D eigenvalue weighted by Crippen LogP contribution is 2.59. The maximum atomic E-state index is 6.22. The summed E-state index contributed by atoms with van der Waals surface area (Å²) in [5, 5.41) is 7.22. The Morgan fingerprint density at radius 3 is 0.905 bits per heavy atom. The SMILES string of the molecule is C=COc1ccc(C2(c3ccc(O/C=C/C=C/Oc4ccc(C5(c6ccc(OC=C)cc6)c6cc7ccccc7cc6-c6cc7ccccc7cc65)cc4)cc3)c3ccccc3-c3cc4ccccc4cc32)cc1. The van der Waals surface area contributed by atoms with E-state index in [4.69, 9.17) is 18.9 Å². The Morgan fingerprint density at radius 2 is 0.554 bits per heavy atom. The third-order valence-corrected chi connectivity index (χ3v) is 15.0. The average molecular weight is 953 g/mol. The van der Waals surface area contributed by atoms with Gasteiger partial charge in [-0.2, -0.15) is 0 Å². The van der Waals surface area contributed by atoms with E-state index in [-0.39, 0.29) is 0 Å². The van der Waals surface area contributed by atoms with E-state index in [2.05, 4.69) is 207 Å². The van der Waals surface area contributed by atoms with Gasteiger partial charge in [0.2, 0.25) is 0 Å². The summed E-state index contributed by atoms with van der Waals surface area (Å²) < 4.78 is 23.8. The molecule has 2 aliphatic carbocycles. The third-order valence-electron chi connectivity index (χ3n) is 15.0. The number of rotatable bonds is 13. The molecule has 2 aliphatic rings. The molecule has 11 aromatic rings. The van der Waals surface area contributed by atoms with Crippen LogP contribution in [0.4, 0.5) is 0 Å². The van der Waals surface area contributed by atoms with Crippen LogP contribution >= 0.6 is 0 Å². The lowest BCUT2D eigenvalue weighted by Gasteiger charge is -2.34. The van der Waals surface area contributed by atoms with E-state index in [1.807, 2.05) is 48.6 Å². The van der Waals surface area contributed by atoms with E-state index < -0.39 is 10.8 Å². The highest BCUT2D eigenvalue weighted by molar-refractivity contribution is 6.00. The standard InChI is InChI=1S/C70H48O4/c1-3-71-57-31-23-53(24-32-57)69(65-22-12-11-21-61(65)62-41-47-15-5-8-18-50(47)44-66(62)69)54-27-35-59(36-28-54)73-39-13-14-40-74-60-37-29-56(30-38-60)70(55-25-33-58(34-26-55)72-4-2)67-45-51-19-9-6-16-48(51)42-63(67)64-43-49-17-7-10-20-52(49)46-68(64)70/h3-46H,1-2H2/b39-13+,40-14+. The summed E-state index contributed by atoms with van der Waals surface area (Å²) in [5.41, 5.74) is 13.2. The van der Waals surface area contributed by atoms with Crippen molar-refractivity contribution in [1.82, 2.24) is 0 Å². The molecule has 0 aromatic heterocycles. The molecule has 0 N–H and O–H groups in total. The zero-order valence-electron chi connectivity index (χ0n) is 40.5. The molecule has 4 nitrogen and oxygen atoms in total. The van der Waals surface area contributed by atoms with Crippen LogP contribution in [0.3, 0.4) is 0 Å². The van der Waals surface area contributed by atoms with Gasteiger partial charge in [-0.3, -0.25) is 0 Å². The Labute approximate surface area is 430 Å². The molecule has 13 rings (SSSR count). The first-order chi connectivity index (χ1) is 36.6. The molecule has 0 amide bonds. The minimum atomic E-state index is -0.633. The Morgan fingerprint density at radius 1 is 0.270 bits per heavy atom. The van der Waals surface area contributed by atoms with Crippen molar-refractivity contribution in [3.05, 3.63) is 325 Å². The quantitative estimate of drug-likeness (QED) is 0.0852. The summed E-state index contributed by atoms with van der Waals surface area (Å²) in [6.07, 6.45) is 9.95. The van der Waals surface area contributed by atoms with Crippen molar-refractivity contribution in [3.63, 3.8) is 0 Å². The molecule has 352 valence electrons. The maximum Gasteiger partial charge on any atom is 0.126 e. The van der Waals surface area contributed by atoms with E-state index in [1.54, 1.807) is 12.5 Å². The summed E-state index contributed by atoms with van der Waals surface area (Å²) in [6, 6.07) is 82.6. The van der Waals surface area contributed by atoms with Gasteiger partial charge < -0.3 is 18.9 Å². The lowest BCUT2D eigenvalue weighted by Crippen LogP contribution is -2.28. The Kier molecular flexibility index (Phi) is 10.9. The van der Waals surface area contributed by atoms with Crippen LogP contribution in [0, 0.1) is 0 Å². The molecule has 11 aromatic carbocycles. The van der Waals surface area contributed by atoms with Crippen LogP contribution in [0.15, 0.2) is 281 Å². The largest absolute Gasteiger partial charge is 0.466 e. The number of hydrogen-bond donors (Lipinski definition) is 0. The van der Waals surface area contributed by atoms with Crippen molar-refractivity contribution in [2.24, 2.45) is 0 Å². The highest BCUT2D eigenvalue weighted by atomic mass is 16.5. The Balaban J connectivity index is 0.789. The molecular formula is C70H48O4. The van der Waals surface area contributed by atoms with Gasteiger partial charge in [0.25, 0.3) is 0 Å². The molecule has 1 unspecified atom stereocenters. The van der Waals surface area contributed by atoms with Crippen LogP contribution in [0.1, 0.15) is 44.5 Å². The first kappa shape index (κ1) is 44.3. The van der Waals surface area contributed by atoms with Gasteiger partial charge in [0.1, 0.15) is 23.0 Å². The fourth-order valence-corrected chi connectivity index (χ4v) is 11.9. The van der Waals surface area contributed by atoms with Crippen LogP contribution in [0.25, 0.3) is 54.6 Å². The average Bonchev–Trinajstić information content (AvgIpc) is 4.06. The van der Waals surface area contributed by atoms with Crippen LogP contribution in [0.5, 0.6) is 23.0 Å². The summed E-state index contributed by atoms with van der Waals surface area (Å²) >= 11 is 0. The van der Waals surface area contributed by atoms with Gasteiger partial charge in [-0.05, 0) is 196 Å². The zero-order chi connectivity index (χ0) is 49.6. The smallest absolute Gasteiger partial charge is 0.126 e. The molecule has 4 heteroatoms. The van der Waals surface area contributed by atoms with Gasteiger partial charge in [0, 0.05) is 0 Å². The van der Waals surface area contributed by atoms with Crippen LogP contribution in [-0.2, 0) is 10.8 Å². The van der Waals surface area contributed by atoms with Gasteiger partial charge in [-0.15, -0.1) is 0 Å². The Bertz CT molecular complexity index is 3950.